The minimum Gasteiger partial charge on any atom is -0.327 e. The van der Waals surface area contributed by atoms with Crippen LogP contribution < -0.4 is 5.73 Å². The summed E-state index contributed by atoms with van der Waals surface area (Å²) in [7, 11) is -7.86. The molecular formula is C11H14FNO4S2. The molecule has 1 aromatic rings. The SMILES string of the molecule is CS(=O)(=O)c1cc(/C=C/CN)cc(F)c1S(C)(=O)=O. The largest absolute Gasteiger partial charge is 0.327 e. The molecule has 2 N–H and O–H groups in total. The molecule has 0 unspecified atom stereocenters. The van der Waals surface area contributed by atoms with Crippen molar-refractivity contribution in [3.8, 4) is 0 Å². The average molecular weight is 307 g/mol. The maximum absolute atomic E-state index is 13.9. The van der Waals surface area contributed by atoms with Crippen molar-refractivity contribution < 1.29 is 21.2 Å². The Morgan fingerprint density at radius 3 is 2.16 bits per heavy atom. The van der Waals surface area contributed by atoms with Gasteiger partial charge in [0, 0.05) is 19.1 Å². The summed E-state index contributed by atoms with van der Waals surface area (Å²) in [5, 5.41) is 0. The molecule has 106 valence electrons. The van der Waals surface area contributed by atoms with Crippen molar-refractivity contribution in [1.82, 2.24) is 0 Å². The Bertz CT molecular complexity index is 721. The molecule has 0 saturated carbocycles. The maximum atomic E-state index is 13.9. The number of benzene rings is 1. The Morgan fingerprint density at radius 2 is 1.74 bits per heavy atom. The van der Waals surface area contributed by atoms with Crippen LogP contribution in [0.2, 0.25) is 0 Å². The van der Waals surface area contributed by atoms with Gasteiger partial charge in [-0.25, -0.2) is 21.2 Å². The highest BCUT2D eigenvalue weighted by molar-refractivity contribution is 7.93. The summed E-state index contributed by atoms with van der Waals surface area (Å²) in [6.45, 7) is 0.198. The number of hydrogen-bond acceptors (Lipinski definition) is 5. The molecule has 0 saturated heterocycles. The average Bonchev–Trinajstić information content (AvgIpc) is 2.22. The number of nitrogens with two attached hydrogens (primary N) is 1. The summed E-state index contributed by atoms with van der Waals surface area (Å²) in [5.41, 5.74) is 5.47. The lowest BCUT2D eigenvalue weighted by molar-refractivity contribution is 0.554. The van der Waals surface area contributed by atoms with Gasteiger partial charge in [0.15, 0.2) is 19.7 Å². The van der Waals surface area contributed by atoms with Crippen LogP contribution in [0, 0.1) is 5.82 Å². The molecule has 0 fully saturated rings. The van der Waals surface area contributed by atoms with Crippen molar-refractivity contribution in [2.45, 2.75) is 9.79 Å². The lowest BCUT2D eigenvalue weighted by Crippen LogP contribution is -2.10. The van der Waals surface area contributed by atoms with Crippen molar-refractivity contribution in [3.63, 3.8) is 0 Å². The van der Waals surface area contributed by atoms with Crippen LogP contribution in [-0.4, -0.2) is 35.9 Å². The fraction of sp³-hybridized carbons (Fsp3) is 0.273. The van der Waals surface area contributed by atoms with Gasteiger partial charge in [0.2, 0.25) is 0 Å². The van der Waals surface area contributed by atoms with E-state index < -0.39 is 35.3 Å². The maximum Gasteiger partial charge on any atom is 0.179 e. The van der Waals surface area contributed by atoms with E-state index in [0.717, 1.165) is 24.6 Å². The molecule has 0 atom stereocenters. The first-order valence-corrected chi connectivity index (χ1v) is 8.96. The number of sulfone groups is 2. The Morgan fingerprint density at radius 1 is 1.16 bits per heavy atom. The van der Waals surface area contributed by atoms with E-state index in [1.807, 2.05) is 0 Å². The molecule has 0 heterocycles. The third-order valence-corrected chi connectivity index (χ3v) is 4.66. The van der Waals surface area contributed by atoms with E-state index in [-0.39, 0.29) is 12.1 Å². The van der Waals surface area contributed by atoms with Crippen LogP contribution in [-0.2, 0) is 19.7 Å². The smallest absolute Gasteiger partial charge is 0.179 e. The molecule has 0 aliphatic heterocycles. The molecule has 0 spiro atoms. The monoisotopic (exact) mass is 307 g/mol. The van der Waals surface area contributed by atoms with E-state index in [1.54, 1.807) is 0 Å². The Kier molecular flexibility index (Phi) is 4.49. The second-order valence-electron chi connectivity index (χ2n) is 4.01. The summed E-state index contributed by atoms with van der Waals surface area (Å²) in [6.07, 6.45) is 4.51. The molecule has 0 aliphatic rings. The van der Waals surface area contributed by atoms with Crippen LogP contribution in [0.5, 0.6) is 0 Å². The molecule has 8 heteroatoms. The summed E-state index contributed by atoms with van der Waals surface area (Å²) in [5.74, 6) is -1.10. The van der Waals surface area contributed by atoms with Gasteiger partial charge in [-0.3, -0.25) is 0 Å². The van der Waals surface area contributed by atoms with Gasteiger partial charge in [-0.15, -0.1) is 0 Å². The van der Waals surface area contributed by atoms with Crippen molar-refractivity contribution in [2.24, 2.45) is 5.73 Å². The van der Waals surface area contributed by atoms with Crippen LogP contribution in [0.3, 0.4) is 0 Å². The summed E-state index contributed by atoms with van der Waals surface area (Å²) < 4.78 is 60.1. The van der Waals surface area contributed by atoms with Crippen LogP contribution in [0.4, 0.5) is 4.39 Å². The number of rotatable bonds is 4. The zero-order valence-corrected chi connectivity index (χ0v) is 12.1. The van der Waals surface area contributed by atoms with Gasteiger partial charge in [0.25, 0.3) is 0 Å². The van der Waals surface area contributed by atoms with Crippen LogP contribution in [0.25, 0.3) is 6.08 Å². The molecule has 5 nitrogen and oxygen atoms in total. The molecule has 0 aromatic heterocycles. The zero-order valence-electron chi connectivity index (χ0n) is 10.4. The van der Waals surface area contributed by atoms with Crippen molar-refractivity contribution >= 4 is 25.8 Å². The second kappa shape index (κ2) is 5.40. The first-order valence-electron chi connectivity index (χ1n) is 5.17. The first kappa shape index (κ1) is 15.8. The molecule has 0 amide bonds. The fourth-order valence-corrected chi connectivity index (χ4v) is 4.05. The molecule has 0 aliphatic carbocycles. The first-order chi connectivity index (χ1) is 8.57. The van der Waals surface area contributed by atoms with E-state index in [4.69, 9.17) is 5.73 Å². The molecular weight excluding hydrogens is 293 g/mol. The van der Waals surface area contributed by atoms with E-state index in [9.17, 15) is 21.2 Å². The van der Waals surface area contributed by atoms with Crippen molar-refractivity contribution in [1.29, 1.82) is 0 Å². The summed E-state index contributed by atoms with van der Waals surface area (Å²) >= 11 is 0. The van der Waals surface area contributed by atoms with E-state index in [0.29, 0.717) is 0 Å². The normalized spacial score (nSPS) is 13.1. The topological polar surface area (TPSA) is 94.3 Å². The zero-order chi connectivity index (χ0) is 14.8. The minimum absolute atomic E-state index is 0.198. The molecule has 1 rings (SSSR count). The Hall–Kier alpha value is -1.25. The van der Waals surface area contributed by atoms with Gasteiger partial charge in [-0.2, -0.15) is 0 Å². The van der Waals surface area contributed by atoms with Crippen LogP contribution >= 0.6 is 0 Å². The second-order valence-corrected chi connectivity index (χ2v) is 7.95. The predicted octanol–water partition coefficient (Wildman–Crippen LogP) is 0.605. The molecule has 0 bridgehead atoms. The van der Waals surface area contributed by atoms with Gasteiger partial charge in [0.05, 0.1) is 4.90 Å². The minimum atomic E-state index is -3.99. The van der Waals surface area contributed by atoms with Gasteiger partial charge in [0.1, 0.15) is 10.7 Å². The highest BCUT2D eigenvalue weighted by atomic mass is 32.2. The van der Waals surface area contributed by atoms with Gasteiger partial charge in [-0.1, -0.05) is 12.2 Å². The Labute approximate surface area is 111 Å². The van der Waals surface area contributed by atoms with Crippen LogP contribution in [0.15, 0.2) is 28.0 Å². The van der Waals surface area contributed by atoms with Crippen LogP contribution in [0.1, 0.15) is 5.56 Å². The van der Waals surface area contributed by atoms with Gasteiger partial charge >= 0.3 is 0 Å². The van der Waals surface area contributed by atoms with Crippen molar-refractivity contribution in [2.75, 3.05) is 19.1 Å². The quantitative estimate of drug-likeness (QED) is 0.879. The van der Waals surface area contributed by atoms with Gasteiger partial charge in [-0.05, 0) is 17.7 Å². The van der Waals surface area contributed by atoms with E-state index >= 15 is 0 Å². The molecule has 0 radical (unpaired) electrons. The highest BCUT2D eigenvalue weighted by Gasteiger charge is 2.25. The lowest BCUT2D eigenvalue weighted by Gasteiger charge is -2.09. The number of hydrogen-bond donors (Lipinski definition) is 1. The molecule has 1 aromatic carbocycles. The Balaban J connectivity index is 3.73. The highest BCUT2D eigenvalue weighted by Crippen LogP contribution is 2.26. The van der Waals surface area contributed by atoms with E-state index in [2.05, 4.69) is 0 Å². The van der Waals surface area contributed by atoms with Crippen molar-refractivity contribution in [3.05, 3.63) is 29.6 Å². The van der Waals surface area contributed by atoms with Gasteiger partial charge < -0.3 is 5.73 Å². The van der Waals surface area contributed by atoms with E-state index in [1.165, 1.54) is 12.2 Å². The number of halogens is 1. The summed E-state index contributed by atoms with van der Waals surface area (Å²) in [4.78, 5) is -1.36. The predicted molar refractivity (Wildman–Crippen MR) is 70.7 cm³/mol. The lowest BCUT2D eigenvalue weighted by atomic mass is 10.2. The fourth-order valence-electron chi connectivity index (χ4n) is 1.52. The molecule has 19 heavy (non-hydrogen) atoms. The third-order valence-electron chi connectivity index (χ3n) is 2.25. The standard InChI is InChI=1S/C11H14FNO4S2/c1-18(14,15)10-7-8(4-3-5-13)6-9(12)11(10)19(2,16)17/h3-4,6-7H,5,13H2,1-2H3/b4-3+. The third kappa shape index (κ3) is 3.85. The summed E-state index contributed by atoms with van der Waals surface area (Å²) in [6, 6.07) is 2.07.